The number of likely N-dealkylation sites (tertiary alicyclic amines) is 1. The zero-order valence-corrected chi connectivity index (χ0v) is 15.9. The van der Waals surface area contributed by atoms with Crippen LogP contribution in [-0.4, -0.2) is 47.8 Å². The van der Waals surface area contributed by atoms with Crippen LogP contribution >= 0.6 is 0 Å². The molecule has 0 radical (unpaired) electrons. The van der Waals surface area contributed by atoms with Gasteiger partial charge in [-0.25, -0.2) is 4.79 Å². The van der Waals surface area contributed by atoms with Crippen molar-refractivity contribution in [3.8, 4) is 0 Å². The molecule has 1 aromatic rings. The van der Waals surface area contributed by atoms with Gasteiger partial charge < -0.3 is 9.64 Å². The average Bonchev–Trinajstić information content (AvgIpc) is 2.95. The maximum absolute atomic E-state index is 12.9. The Morgan fingerprint density at radius 2 is 1.78 bits per heavy atom. The molecule has 2 fully saturated rings. The third-order valence-electron chi connectivity index (χ3n) is 5.13. The van der Waals surface area contributed by atoms with Gasteiger partial charge in [-0.2, -0.15) is 0 Å². The Morgan fingerprint density at radius 1 is 1.11 bits per heavy atom. The predicted octanol–water partition coefficient (Wildman–Crippen LogP) is 3.43. The smallest absolute Gasteiger partial charge is 0.410 e. The monoisotopic (exact) mass is 370 g/mol. The first-order valence-corrected chi connectivity index (χ1v) is 9.49. The van der Waals surface area contributed by atoms with Crippen molar-refractivity contribution in [2.75, 3.05) is 14.1 Å². The van der Waals surface area contributed by atoms with Crippen molar-refractivity contribution in [3.05, 3.63) is 42.0 Å². The lowest BCUT2D eigenvalue weighted by molar-refractivity contribution is -0.142. The van der Waals surface area contributed by atoms with E-state index < -0.39 is 12.0 Å². The van der Waals surface area contributed by atoms with Gasteiger partial charge in [0.1, 0.15) is 5.76 Å². The third-order valence-corrected chi connectivity index (χ3v) is 5.13. The lowest BCUT2D eigenvalue weighted by atomic mass is 9.94. The lowest BCUT2D eigenvalue weighted by Crippen LogP contribution is -2.41. The molecule has 6 nitrogen and oxygen atoms in total. The molecule has 0 bridgehead atoms. The highest BCUT2D eigenvalue weighted by Crippen LogP contribution is 2.32. The molecule has 0 aromatic heterocycles. The van der Waals surface area contributed by atoms with E-state index in [2.05, 4.69) is 0 Å². The van der Waals surface area contributed by atoms with E-state index in [0.29, 0.717) is 11.3 Å². The maximum Gasteiger partial charge on any atom is 0.414 e. The first-order valence-electron chi connectivity index (χ1n) is 9.49. The second-order valence-corrected chi connectivity index (χ2v) is 7.36. The summed E-state index contributed by atoms with van der Waals surface area (Å²) in [4.78, 5) is 40.3. The molecule has 1 aliphatic heterocycles. The lowest BCUT2D eigenvalue weighted by Gasteiger charge is -2.29. The summed E-state index contributed by atoms with van der Waals surface area (Å²) in [6, 6.07) is 9.18. The number of carbonyl (C=O) groups is 3. The molecule has 1 unspecified atom stereocenters. The number of nitrogens with zero attached hydrogens (tertiary/aromatic N) is 2. The van der Waals surface area contributed by atoms with Crippen molar-refractivity contribution >= 4 is 23.7 Å². The van der Waals surface area contributed by atoms with Gasteiger partial charge in [0.25, 0.3) is 0 Å². The van der Waals surface area contributed by atoms with Gasteiger partial charge in [-0.3, -0.25) is 14.5 Å². The molecule has 2 aliphatic rings. The van der Waals surface area contributed by atoms with Gasteiger partial charge in [-0.1, -0.05) is 49.6 Å². The van der Waals surface area contributed by atoms with Crippen LogP contribution in [0.15, 0.2) is 36.4 Å². The highest BCUT2D eigenvalue weighted by molar-refractivity contribution is 6.05. The second kappa shape index (κ2) is 8.37. The van der Waals surface area contributed by atoms with Gasteiger partial charge in [0, 0.05) is 32.1 Å². The minimum atomic E-state index is -0.593. The molecule has 1 aliphatic carbocycles. The van der Waals surface area contributed by atoms with Crippen LogP contribution in [0.5, 0.6) is 0 Å². The average molecular weight is 370 g/mol. The molecule has 144 valence electrons. The van der Waals surface area contributed by atoms with Crippen molar-refractivity contribution in [1.29, 1.82) is 0 Å². The van der Waals surface area contributed by atoms with Crippen LogP contribution < -0.4 is 0 Å². The van der Waals surface area contributed by atoms with Crippen LogP contribution in [-0.2, 0) is 14.3 Å². The summed E-state index contributed by atoms with van der Waals surface area (Å²) in [6.45, 7) is 0. The van der Waals surface area contributed by atoms with E-state index in [1.165, 1.54) is 9.80 Å². The van der Waals surface area contributed by atoms with Crippen molar-refractivity contribution < 1.29 is 19.1 Å². The van der Waals surface area contributed by atoms with E-state index in [-0.39, 0.29) is 24.3 Å². The Labute approximate surface area is 159 Å². The molecule has 6 heteroatoms. The molecule has 1 atom stereocenters. The van der Waals surface area contributed by atoms with Gasteiger partial charge >= 0.3 is 6.09 Å². The van der Waals surface area contributed by atoms with Crippen molar-refractivity contribution in [3.63, 3.8) is 0 Å². The summed E-state index contributed by atoms with van der Waals surface area (Å²) in [7, 11) is 3.19. The number of benzene rings is 1. The number of hydrogen-bond donors (Lipinski definition) is 0. The predicted molar refractivity (Wildman–Crippen MR) is 101 cm³/mol. The van der Waals surface area contributed by atoms with Crippen molar-refractivity contribution in [2.24, 2.45) is 5.92 Å². The normalized spacial score (nSPS) is 21.5. The molecule has 0 N–H and O–H groups in total. The Bertz CT molecular complexity index is 736. The SMILES string of the molecule is CN(C)C(=O)O/C(=C\C1CC(=O)N(C2CCCCC2)C1=O)c1ccccc1. The highest BCUT2D eigenvalue weighted by Gasteiger charge is 2.42. The zero-order chi connectivity index (χ0) is 19.4. The van der Waals surface area contributed by atoms with Crippen molar-refractivity contribution in [1.82, 2.24) is 9.80 Å². The van der Waals surface area contributed by atoms with Crippen LogP contribution in [0.25, 0.3) is 5.76 Å². The summed E-state index contributed by atoms with van der Waals surface area (Å²) >= 11 is 0. The number of amides is 3. The Kier molecular flexibility index (Phi) is 5.94. The molecular weight excluding hydrogens is 344 g/mol. The Hall–Kier alpha value is -2.63. The van der Waals surface area contributed by atoms with Gasteiger partial charge in [0.15, 0.2) is 0 Å². The van der Waals surface area contributed by atoms with E-state index in [4.69, 9.17) is 4.74 Å². The number of hydrogen-bond acceptors (Lipinski definition) is 4. The molecule has 1 aromatic carbocycles. The van der Waals surface area contributed by atoms with Crippen LogP contribution in [0, 0.1) is 5.92 Å². The number of rotatable bonds is 4. The van der Waals surface area contributed by atoms with E-state index >= 15 is 0 Å². The fourth-order valence-corrected chi connectivity index (χ4v) is 3.69. The molecule has 1 heterocycles. The second-order valence-electron chi connectivity index (χ2n) is 7.36. The largest absolute Gasteiger partial charge is 0.414 e. The summed E-state index contributed by atoms with van der Waals surface area (Å²) in [5.74, 6) is -0.587. The number of imide groups is 1. The van der Waals surface area contributed by atoms with E-state index in [9.17, 15) is 14.4 Å². The van der Waals surface area contributed by atoms with Gasteiger partial charge in [0.2, 0.25) is 11.8 Å². The van der Waals surface area contributed by atoms with Crippen LogP contribution in [0.2, 0.25) is 0 Å². The quantitative estimate of drug-likeness (QED) is 0.601. The van der Waals surface area contributed by atoms with E-state index in [1.807, 2.05) is 30.3 Å². The Morgan fingerprint density at radius 3 is 2.41 bits per heavy atom. The summed E-state index contributed by atoms with van der Waals surface area (Å²) < 4.78 is 5.49. The van der Waals surface area contributed by atoms with Gasteiger partial charge in [-0.05, 0) is 18.9 Å². The first-order chi connectivity index (χ1) is 13.0. The minimum absolute atomic E-state index is 0.0154. The molecule has 3 amide bonds. The van der Waals surface area contributed by atoms with E-state index in [0.717, 1.165) is 32.1 Å². The summed E-state index contributed by atoms with van der Waals surface area (Å²) in [5, 5.41) is 0. The van der Waals surface area contributed by atoms with Crippen LogP contribution in [0.3, 0.4) is 0 Å². The van der Waals surface area contributed by atoms with Gasteiger partial charge in [0.05, 0.1) is 5.92 Å². The fraction of sp³-hybridized carbons (Fsp3) is 0.476. The van der Waals surface area contributed by atoms with Crippen LogP contribution in [0.1, 0.15) is 44.1 Å². The molecular formula is C21H26N2O4. The molecule has 1 saturated heterocycles. The first kappa shape index (κ1) is 19.1. The topological polar surface area (TPSA) is 66.9 Å². The summed E-state index contributed by atoms with van der Waals surface area (Å²) in [5.41, 5.74) is 0.698. The van der Waals surface area contributed by atoms with Crippen molar-refractivity contribution in [2.45, 2.75) is 44.6 Å². The van der Waals surface area contributed by atoms with E-state index in [1.54, 1.807) is 20.2 Å². The Balaban J connectivity index is 1.84. The minimum Gasteiger partial charge on any atom is -0.410 e. The standard InChI is InChI=1S/C21H26N2O4/c1-22(2)21(26)27-18(15-9-5-3-6-10-15)13-16-14-19(24)23(20(16)25)17-11-7-4-8-12-17/h3,5-6,9-10,13,16-17H,4,7-8,11-12,14H2,1-2H3/b18-13-. The summed E-state index contributed by atoms with van der Waals surface area (Å²) in [6.07, 6.45) is 6.27. The molecule has 3 rings (SSSR count). The fourth-order valence-electron chi connectivity index (χ4n) is 3.69. The highest BCUT2D eigenvalue weighted by atomic mass is 16.6. The molecule has 1 saturated carbocycles. The zero-order valence-electron chi connectivity index (χ0n) is 15.9. The number of ether oxygens (including phenoxy) is 1. The third kappa shape index (κ3) is 4.38. The molecule has 0 spiro atoms. The molecule has 27 heavy (non-hydrogen) atoms. The van der Waals surface area contributed by atoms with Gasteiger partial charge in [-0.15, -0.1) is 0 Å². The number of carbonyl (C=O) groups excluding carboxylic acids is 3. The van der Waals surface area contributed by atoms with Crippen LogP contribution in [0.4, 0.5) is 4.79 Å². The maximum atomic E-state index is 12.9.